The van der Waals surface area contributed by atoms with E-state index in [0.717, 1.165) is 57.9 Å². The molecule has 0 aliphatic carbocycles. The molecular formula is C22H26BrN3O3S. The van der Waals surface area contributed by atoms with Crippen molar-refractivity contribution in [2.75, 3.05) is 6.54 Å². The average Bonchev–Trinajstić information content (AvgIpc) is 3.16. The first kappa shape index (κ1) is 22.7. The molecule has 6 nitrogen and oxygen atoms in total. The molecule has 1 amide bonds. The molecule has 4 N–H and O–H groups in total. The molecule has 160 valence electrons. The van der Waals surface area contributed by atoms with Crippen LogP contribution >= 0.6 is 15.9 Å². The van der Waals surface area contributed by atoms with Crippen molar-refractivity contribution in [3.05, 3.63) is 58.6 Å². The predicted octanol–water partition coefficient (Wildman–Crippen LogP) is 4.81. The Balaban J connectivity index is 1.41. The molecule has 0 saturated heterocycles. The Morgan fingerprint density at radius 3 is 2.57 bits per heavy atom. The van der Waals surface area contributed by atoms with Crippen molar-refractivity contribution in [3.8, 4) is 11.3 Å². The van der Waals surface area contributed by atoms with Gasteiger partial charge in [-0.1, -0.05) is 53.0 Å². The fourth-order valence-corrected chi connectivity index (χ4v) is 4.60. The molecule has 8 heteroatoms. The summed E-state index contributed by atoms with van der Waals surface area (Å²) in [7, 11) is -1.11. The van der Waals surface area contributed by atoms with Gasteiger partial charge in [0.25, 0.3) is 0 Å². The summed E-state index contributed by atoms with van der Waals surface area (Å²) in [5.74, 6) is 0.120. The number of aromatic amines is 1. The van der Waals surface area contributed by atoms with Crippen molar-refractivity contribution in [1.82, 2.24) is 15.2 Å². The summed E-state index contributed by atoms with van der Waals surface area (Å²) in [6, 6.07) is 16.4. The van der Waals surface area contributed by atoms with E-state index < -0.39 is 11.0 Å². The highest BCUT2D eigenvalue weighted by Gasteiger charge is 2.06. The summed E-state index contributed by atoms with van der Waals surface area (Å²) >= 11 is 3.50. The van der Waals surface area contributed by atoms with Crippen LogP contribution in [0.5, 0.6) is 0 Å². The van der Waals surface area contributed by atoms with Gasteiger partial charge in [-0.05, 0) is 48.2 Å². The Hall–Kier alpha value is -2.00. The van der Waals surface area contributed by atoms with Crippen molar-refractivity contribution in [2.24, 2.45) is 0 Å². The van der Waals surface area contributed by atoms with Gasteiger partial charge in [-0.25, -0.2) is 14.4 Å². The number of fused-ring (bicyclic) bond motifs is 1. The van der Waals surface area contributed by atoms with Crippen LogP contribution in [0.3, 0.4) is 0 Å². The third-order valence-corrected chi connectivity index (χ3v) is 6.48. The molecule has 2 aromatic carbocycles. The Labute approximate surface area is 187 Å². The molecule has 1 aromatic heterocycles. The van der Waals surface area contributed by atoms with Gasteiger partial charge < -0.3 is 4.98 Å². The molecule has 0 fully saturated rings. The minimum absolute atomic E-state index is 0.335. The van der Waals surface area contributed by atoms with Gasteiger partial charge in [-0.3, -0.25) is 10.0 Å². The van der Waals surface area contributed by atoms with Gasteiger partial charge in [0, 0.05) is 34.0 Å². The first-order valence-corrected chi connectivity index (χ1v) is 12.1. The number of carbonyl (C=O) groups excluding carboxylic acids is 1. The number of rotatable bonds is 11. The topological polar surface area (TPSA) is 94.2 Å². The number of benzene rings is 2. The molecule has 1 unspecified atom stereocenters. The third-order valence-electron chi connectivity index (χ3n) is 4.86. The maximum Gasteiger partial charge on any atom is 0.243 e. The first-order valence-electron chi connectivity index (χ1n) is 9.97. The Morgan fingerprint density at radius 1 is 1.03 bits per heavy atom. The quantitative estimate of drug-likeness (QED) is 0.176. The lowest BCUT2D eigenvalue weighted by atomic mass is 10.1. The Kier molecular flexibility index (Phi) is 8.62. The van der Waals surface area contributed by atoms with Crippen molar-refractivity contribution in [1.29, 1.82) is 0 Å². The monoisotopic (exact) mass is 491 g/mol. The van der Waals surface area contributed by atoms with Crippen LogP contribution < -0.4 is 10.2 Å². The van der Waals surface area contributed by atoms with Gasteiger partial charge in [-0.15, -0.1) is 0 Å². The zero-order valence-corrected chi connectivity index (χ0v) is 19.0. The fraction of sp³-hybridized carbons (Fsp3) is 0.318. The number of hydrogen-bond donors (Lipinski definition) is 4. The number of aromatic nitrogens is 1. The minimum Gasteiger partial charge on any atom is -0.355 e. The summed E-state index contributed by atoms with van der Waals surface area (Å²) in [6.45, 7) is 0.682. The smallest absolute Gasteiger partial charge is 0.243 e. The van der Waals surface area contributed by atoms with Crippen LogP contribution in [0.25, 0.3) is 22.2 Å². The van der Waals surface area contributed by atoms with E-state index >= 15 is 0 Å². The molecule has 1 heterocycles. The second kappa shape index (κ2) is 11.4. The molecule has 1 atom stereocenters. The highest BCUT2D eigenvalue weighted by molar-refractivity contribution is 9.10. The second-order valence-electron chi connectivity index (χ2n) is 7.19. The summed E-state index contributed by atoms with van der Waals surface area (Å²) in [6.07, 6.45) is 3.85. The molecule has 0 bridgehead atoms. The van der Waals surface area contributed by atoms with Crippen LogP contribution in [0.15, 0.2) is 53.0 Å². The number of halogens is 1. The normalized spacial score (nSPS) is 12.2. The van der Waals surface area contributed by atoms with E-state index in [0.29, 0.717) is 18.7 Å². The number of hydrogen-bond acceptors (Lipinski definition) is 3. The number of carbonyl (C=O) groups is 1. The van der Waals surface area contributed by atoms with Gasteiger partial charge in [0.15, 0.2) is 0 Å². The molecule has 0 aliphatic heterocycles. The van der Waals surface area contributed by atoms with E-state index in [9.17, 15) is 9.00 Å². The maximum atomic E-state index is 12.2. The summed E-state index contributed by atoms with van der Waals surface area (Å²) in [4.78, 5) is 14.3. The number of H-pyrrole nitrogens is 1. The van der Waals surface area contributed by atoms with E-state index in [-0.39, 0.29) is 5.91 Å². The highest BCUT2D eigenvalue weighted by atomic mass is 79.9. The highest BCUT2D eigenvalue weighted by Crippen LogP contribution is 2.26. The van der Waals surface area contributed by atoms with E-state index in [4.69, 9.17) is 5.21 Å². The van der Waals surface area contributed by atoms with Crippen LogP contribution in [0.2, 0.25) is 0 Å². The lowest BCUT2D eigenvalue weighted by molar-refractivity contribution is -0.129. The third kappa shape index (κ3) is 6.77. The minimum atomic E-state index is -1.11. The largest absolute Gasteiger partial charge is 0.355 e. The molecule has 0 saturated carbocycles. The van der Waals surface area contributed by atoms with E-state index in [1.54, 1.807) is 5.48 Å². The lowest BCUT2D eigenvalue weighted by Crippen LogP contribution is -2.20. The van der Waals surface area contributed by atoms with Gasteiger partial charge >= 0.3 is 0 Å². The lowest BCUT2D eigenvalue weighted by Gasteiger charge is -2.06. The first-order chi connectivity index (χ1) is 14.5. The van der Waals surface area contributed by atoms with Gasteiger partial charge in [0.05, 0.1) is 16.7 Å². The van der Waals surface area contributed by atoms with Gasteiger partial charge in [0.2, 0.25) is 5.91 Å². The number of unbranched alkanes of at least 4 members (excludes halogenated alkanes) is 3. The number of nitrogens with one attached hydrogen (secondary N) is 3. The van der Waals surface area contributed by atoms with Crippen molar-refractivity contribution in [2.45, 2.75) is 37.9 Å². The predicted molar refractivity (Wildman–Crippen MR) is 124 cm³/mol. The van der Waals surface area contributed by atoms with E-state index in [2.05, 4.69) is 56.0 Å². The van der Waals surface area contributed by atoms with Gasteiger partial charge in [0.1, 0.15) is 0 Å². The average molecular weight is 492 g/mol. The number of amides is 1. The van der Waals surface area contributed by atoms with Crippen LogP contribution in [-0.2, 0) is 21.5 Å². The van der Waals surface area contributed by atoms with Crippen molar-refractivity contribution in [3.63, 3.8) is 0 Å². The van der Waals surface area contributed by atoms with Crippen molar-refractivity contribution >= 4 is 43.7 Å². The zero-order valence-electron chi connectivity index (χ0n) is 16.6. The molecule has 30 heavy (non-hydrogen) atoms. The molecule has 0 radical (unpaired) electrons. The van der Waals surface area contributed by atoms with E-state index in [1.807, 2.05) is 18.2 Å². The molecular weight excluding hydrogens is 466 g/mol. The second-order valence-corrected chi connectivity index (χ2v) is 9.38. The summed E-state index contributed by atoms with van der Waals surface area (Å²) in [5.41, 5.74) is 5.91. The van der Waals surface area contributed by atoms with E-state index in [1.165, 1.54) is 0 Å². The molecule has 0 spiro atoms. The Morgan fingerprint density at radius 2 is 1.80 bits per heavy atom. The summed E-state index contributed by atoms with van der Waals surface area (Å²) in [5, 5.41) is 9.58. The molecule has 3 aromatic rings. The van der Waals surface area contributed by atoms with Gasteiger partial charge in [-0.2, -0.15) is 0 Å². The Bertz CT molecular complexity index is 1000. The maximum absolute atomic E-state index is 12.2. The summed E-state index contributed by atoms with van der Waals surface area (Å²) < 4.78 is 16.4. The van der Waals surface area contributed by atoms with Crippen LogP contribution in [-0.4, -0.2) is 26.9 Å². The van der Waals surface area contributed by atoms with Crippen LogP contribution in [0.4, 0.5) is 0 Å². The van der Waals surface area contributed by atoms with Crippen molar-refractivity contribution < 1.29 is 14.2 Å². The SMILES string of the molecule is O=C(CCCCCCNS(=O)Cc1ccc(-c2cc3cc(Br)ccc3[nH]2)cc1)NO. The standard InChI is InChI=1S/C22H26BrN3O3S/c23-19-10-11-20-18(13-19)14-21(25-20)17-8-6-16(7-9-17)15-30(29)24-12-4-2-1-3-5-22(27)26-28/h6-11,13-14,24-25,28H,1-5,12,15H2,(H,26,27). The fourth-order valence-electron chi connectivity index (χ4n) is 3.25. The molecule has 0 aliphatic rings. The van der Waals surface area contributed by atoms with Crippen LogP contribution in [0, 0.1) is 0 Å². The number of hydroxylamine groups is 1. The zero-order chi connectivity index (χ0) is 21.3. The molecule has 3 rings (SSSR count). The van der Waals surface area contributed by atoms with Crippen LogP contribution in [0.1, 0.15) is 37.7 Å².